The zero-order valence-corrected chi connectivity index (χ0v) is 12.1. The highest BCUT2D eigenvalue weighted by atomic mass is 15.1. The van der Waals surface area contributed by atoms with Crippen molar-refractivity contribution in [3.63, 3.8) is 0 Å². The van der Waals surface area contributed by atoms with Crippen LogP contribution in [0.25, 0.3) is 0 Å². The van der Waals surface area contributed by atoms with Gasteiger partial charge in [-0.05, 0) is 19.8 Å². The summed E-state index contributed by atoms with van der Waals surface area (Å²) in [5.74, 6) is 2.75. The van der Waals surface area contributed by atoms with Gasteiger partial charge in [0.05, 0.1) is 0 Å². The molecule has 4 nitrogen and oxygen atoms in total. The first-order valence-electron chi connectivity index (χ1n) is 7.07. The van der Waals surface area contributed by atoms with Crippen LogP contribution >= 0.6 is 0 Å². The van der Waals surface area contributed by atoms with Gasteiger partial charge >= 0.3 is 0 Å². The summed E-state index contributed by atoms with van der Waals surface area (Å²) in [5.41, 5.74) is 0. The Bertz CT molecular complexity index is 352. The Labute approximate surface area is 111 Å². The zero-order valence-electron chi connectivity index (χ0n) is 12.1. The topological polar surface area (TPSA) is 49.8 Å². The maximum Gasteiger partial charge on any atom is 0.132 e. The van der Waals surface area contributed by atoms with Gasteiger partial charge in [-0.3, -0.25) is 0 Å². The maximum absolute atomic E-state index is 4.52. The van der Waals surface area contributed by atoms with Crippen LogP contribution in [-0.4, -0.2) is 22.6 Å². The molecule has 0 saturated heterocycles. The van der Waals surface area contributed by atoms with Crippen molar-refractivity contribution in [2.24, 2.45) is 0 Å². The fraction of sp³-hybridized carbons (Fsp3) is 0.714. The van der Waals surface area contributed by atoms with Crippen molar-refractivity contribution in [2.75, 3.05) is 17.2 Å². The van der Waals surface area contributed by atoms with E-state index in [0.29, 0.717) is 6.04 Å². The lowest BCUT2D eigenvalue weighted by atomic mass is 10.2. The monoisotopic (exact) mass is 250 g/mol. The molecule has 0 saturated carbocycles. The van der Waals surface area contributed by atoms with Crippen LogP contribution in [-0.2, 0) is 6.42 Å². The lowest BCUT2D eigenvalue weighted by Crippen LogP contribution is -2.17. The van der Waals surface area contributed by atoms with E-state index in [1.165, 1.54) is 6.42 Å². The highest BCUT2D eigenvalue weighted by Crippen LogP contribution is 2.14. The molecule has 1 heterocycles. The summed E-state index contributed by atoms with van der Waals surface area (Å²) in [6.45, 7) is 9.57. The van der Waals surface area contributed by atoms with Gasteiger partial charge in [0.25, 0.3) is 0 Å². The molecule has 0 aromatic carbocycles. The normalized spacial score (nSPS) is 12.2. The van der Waals surface area contributed by atoms with Gasteiger partial charge in [-0.2, -0.15) is 0 Å². The second kappa shape index (κ2) is 7.90. The van der Waals surface area contributed by atoms with Crippen LogP contribution < -0.4 is 10.6 Å². The minimum Gasteiger partial charge on any atom is -0.370 e. The largest absolute Gasteiger partial charge is 0.370 e. The Kier molecular flexibility index (Phi) is 6.47. The van der Waals surface area contributed by atoms with Crippen LogP contribution in [0.2, 0.25) is 0 Å². The lowest BCUT2D eigenvalue weighted by molar-refractivity contribution is 0.686. The average molecular weight is 250 g/mol. The van der Waals surface area contributed by atoms with Gasteiger partial charge < -0.3 is 10.6 Å². The van der Waals surface area contributed by atoms with Crippen LogP contribution in [0.1, 0.15) is 52.8 Å². The van der Waals surface area contributed by atoms with Gasteiger partial charge in [-0.25, -0.2) is 9.97 Å². The Morgan fingerprint density at radius 3 is 2.44 bits per heavy atom. The lowest BCUT2D eigenvalue weighted by Gasteiger charge is -2.15. The van der Waals surface area contributed by atoms with Crippen molar-refractivity contribution >= 4 is 11.6 Å². The van der Waals surface area contributed by atoms with Crippen molar-refractivity contribution in [3.05, 3.63) is 11.9 Å². The van der Waals surface area contributed by atoms with Crippen molar-refractivity contribution in [1.82, 2.24) is 9.97 Å². The molecule has 0 aliphatic rings. The number of nitrogens with zero attached hydrogens (tertiary/aromatic N) is 2. The molecule has 102 valence electrons. The summed E-state index contributed by atoms with van der Waals surface area (Å²) >= 11 is 0. The standard InChI is InChI=1S/C14H26N4/c1-5-8-11(4)16-14-10-13(15-9-6-2)17-12(7-3)18-14/h10-11H,5-9H2,1-4H3,(H2,15,16,17,18). The minimum absolute atomic E-state index is 0.452. The number of anilines is 2. The van der Waals surface area contributed by atoms with E-state index < -0.39 is 0 Å². The second-order valence-corrected chi connectivity index (χ2v) is 4.67. The number of nitrogens with one attached hydrogen (secondary N) is 2. The number of rotatable bonds is 8. The Morgan fingerprint density at radius 2 is 1.83 bits per heavy atom. The number of hydrogen-bond acceptors (Lipinski definition) is 4. The van der Waals surface area contributed by atoms with Crippen LogP contribution in [0.3, 0.4) is 0 Å². The summed E-state index contributed by atoms with van der Waals surface area (Å²) in [5, 5.41) is 6.77. The van der Waals surface area contributed by atoms with Gasteiger partial charge in [-0.1, -0.05) is 27.2 Å². The molecule has 0 amide bonds. The molecule has 2 N–H and O–H groups in total. The Morgan fingerprint density at radius 1 is 1.11 bits per heavy atom. The fourth-order valence-electron chi connectivity index (χ4n) is 1.83. The van der Waals surface area contributed by atoms with Gasteiger partial charge in [0, 0.05) is 25.1 Å². The molecular weight excluding hydrogens is 224 g/mol. The molecule has 18 heavy (non-hydrogen) atoms. The van der Waals surface area contributed by atoms with Gasteiger partial charge in [0.15, 0.2) is 0 Å². The van der Waals surface area contributed by atoms with Crippen LogP contribution in [0.15, 0.2) is 6.07 Å². The third-order valence-corrected chi connectivity index (χ3v) is 2.76. The molecule has 1 aromatic heterocycles. The second-order valence-electron chi connectivity index (χ2n) is 4.67. The summed E-state index contributed by atoms with van der Waals surface area (Å²) < 4.78 is 0. The molecule has 1 atom stereocenters. The molecule has 1 rings (SSSR count). The molecule has 0 bridgehead atoms. The summed E-state index contributed by atoms with van der Waals surface area (Å²) in [6.07, 6.45) is 4.29. The van der Waals surface area contributed by atoms with E-state index in [1.54, 1.807) is 0 Å². The first-order chi connectivity index (χ1) is 8.69. The minimum atomic E-state index is 0.452. The quantitative estimate of drug-likeness (QED) is 0.742. The predicted molar refractivity (Wildman–Crippen MR) is 78.2 cm³/mol. The molecule has 1 unspecified atom stereocenters. The summed E-state index contributed by atoms with van der Waals surface area (Å²) in [7, 11) is 0. The molecule has 0 aliphatic carbocycles. The third kappa shape index (κ3) is 4.90. The summed E-state index contributed by atoms with van der Waals surface area (Å²) in [4.78, 5) is 9.00. The maximum atomic E-state index is 4.52. The average Bonchev–Trinajstić information content (AvgIpc) is 2.36. The van der Waals surface area contributed by atoms with Gasteiger partial charge in [-0.15, -0.1) is 0 Å². The number of hydrogen-bond donors (Lipinski definition) is 2. The van der Waals surface area contributed by atoms with Crippen LogP contribution in [0.4, 0.5) is 11.6 Å². The van der Waals surface area contributed by atoms with E-state index in [1.807, 2.05) is 6.07 Å². The van der Waals surface area contributed by atoms with Gasteiger partial charge in [0.1, 0.15) is 17.5 Å². The highest BCUT2D eigenvalue weighted by molar-refractivity contribution is 5.48. The van der Waals surface area contributed by atoms with E-state index in [4.69, 9.17) is 0 Å². The van der Waals surface area contributed by atoms with Crippen molar-refractivity contribution in [1.29, 1.82) is 0 Å². The van der Waals surface area contributed by atoms with Crippen LogP contribution in [0.5, 0.6) is 0 Å². The first-order valence-corrected chi connectivity index (χ1v) is 7.07. The first kappa shape index (κ1) is 14.7. The van der Waals surface area contributed by atoms with E-state index in [-0.39, 0.29) is 0 Å². The SMILES string of the molecule is CCCNc1cc(NC(C)CCC)nc(CC)n1. The molecule has 0 radical (unpaired) electrons. The van der Waals surface area contributed by atoms with E-state index >= 15 is 0 Å². The van der Waals surface area contributed by atoms with Crippen LogP contribution in [0, 0.1) is 0 Å². The Hall–Kier alpha value is -1.32. The van der Waals surface area contributed by atoms with E-state index in [0.717, 1.165) is 43.3 Å². The van der Waals surface area contributed by atoms with Gasteiger partial charge in [0.2, 0.25) is 0 Å². The van der Waals surface area contributed by atoms with Crippen molar-refractivity contribution in [2.45, 2.75) is 59.4 Å². The highest BCUT2D eigenvalue weighted by Gasteiger charge is 2.06. The molecule has 1 aromatic rings. The van der Waals surface area contributed by atoms with Crippen molar-refractivity contribution in [3.8, 4) is 0 Å². The molecule has 0 aliphatic heterocycles. The smallest absolute Gasteiger partial charge is 0.132 e. The van der Waals surface area contributed by atoms with E-state index in [9.17, 15) is 0 Å². The molecule has 0 spiro atoms. The number of aryl methyl sites for hydroxylation is 1. The fourth-order valence-corrected chi connectivity index (χ4v) is 1.83. The van der Waals surface area contributed by atoms with E-state index in [2.05, 4.69) is 48.3 Å². The summed E-state index contributed by atoms with van der Waals surface area (Å²) in [6, 6.07) is 2.45. The molecule has 0 fully saturated rings. The number of aromatic nitrogens is 2. The zero-order chi connectivity index (χ0) is 13.4. The molecule has 4 heteroatoms. The molecular formula is C14H26N4. The predicted octanol–water partition coefficient (Wildman–Crippen LogP) is 3.46. The third-order valence-electron chi connectivity index (χ3n) is 2.76. The van der Waals surface area contributed by atoms with Crippen molar-refractivity contribution < 1.29 is 0 Å². The Balaban J connectivity index is 2.76.